The smallest absolute Gasteiger partial charge is 0.186 e. The summed E-state index contributed by atoms with van der Waals surface area (Å²) in [4.78, 5) is 17.3. The molecule has 21 heavy (non-hydrogen) atoms. The Morgan fingerprint density at radius 1 is 1.43 bits per heavy atom. The van der Waals surface area contributed by atoms with E-state index in [-0.39, 0.29) is 17.9 Å². The summed E-state index contributed by atoms with van der Waals surface area (Å²) in [6, 6.07) is 0.385. The van der Waals surface area contributed by atoms with Crippen LogP contribution in [-0.4, -0.2) is 72.2 Å². The number of hydrogen-bond donors (Lipinski definition) is 0. The summed E-state index contributed by atoms with van der Waals surface area (Å²) in [6.45, 7) is 7.00. The lowest BCUT2D eigenvalue weighted by molar-refractivity contribution is 0.0797. The molecule has 6 nitrogen and oxygen atoms in total. The number of ketones is 1. The van der Waals surface area contributed by atoms with Crippen molar-refractivity contribution in [3.63, 3.8) is 0 Å². The zero-order chi connectivity index (χ0) is 15.6. The first-order chi connectivity index (χ1) is 9.93. The standard InChI is InChI=1S/C15H26N4O2/c1-11(2)19-15(14(21-5)9-16-19)13(20)8-12-10-17(3)6-7-18(12)4/h9,11-12H,6-8,10H2,1-5H3. The van der Waals surface area contributed by atoms with Crippen LogP contribution in [0.3, 0.4) is 0 Å². The fourth-order valence-corrected chi connectivity index (χ4v) is 2.79. The Morgan fingerprint density at radius 2 is 2.14 bits per heavy atom. The fourth-order valence-electron chi connectivity index (χ4n) is 2.79. The molecule has 1 unspecified atom stereocenters. The molecule has 0 spiro atoms. The number of ether oxygens (including phenoxy) is 1. The molecule has 118 valence electrons. The molecule has 1 saturated heterocycles. The maximum atomic E-state index is 12.7. The third-order valence-corrected chi connectivity index (χ3v) is 4.14. The molecule has 0 saturated carbocycles. The first kappa shape index (κ1) is 16.0. The highest BCUT2D eigenvalue weighted by Gasteiger charge is 2.28. The van der Waals surface area contributed by atoms with Crippen molar-refractivity contribution in [3.8, 4) is 5.75 Å². The van der Waals surface area contributed by atoms with Crippen molar-refractivity contribution >= 4 is 5.78 Å². The van der Waals surface area contributed by atoms with Gasteiger partial charge >= 0.3 is 0 Å². The second-order valence-electron chi connectivity index (χ2n) is 6.12. The van der Waals surface area contributed by atoms with Gasteiger partial charge in [0.15, 0.2) is 11.5 Å². The lowest BCUT2D eigenvalue weighted by atomic mass is 10.0. The van der Waals surface area contributed by atoms with E-state index in [2.05, 4.69) is 29.0 Å². The molecule has 2 rings (SSSR count). The average molecular weight is 294 g/mol. The van der Waals surface area contributed by atoms with Gasteiger partial charge in [-0.15, -0.1) is 0 Å². The quantitative estimate of drug-likeness (QED) is 0.766. The Labute approximate surface area is 126 Å². The molecule has 0 radical (unpaired) electrons. The molecule has 0 bridgehead atoms. The van der Waals surface area contributed by atoms with Crippen LogP contribution in [-0.2, 0) is 0 Å². The monoisotopic (exact) mass is 294 g/mol. The number of methoxy groups -OCH3 is 1. The van der Waals surface area contributed by atoms with Crippen molar-refractivity contribution < 1.29 is 9.53 Å². The Bertz CT molecular complexity index is 498. The van der Waals surface area contributed by atoms with Crippen LogP contribution in [0, 0.1) is 0 Å². The summed E-state index contributed by atoms with van der Waals surface area (Å²) < 4.78 is 7.06. The zero-order valence-corrected chi connectivity index (χ0v) is 13.7. The minimum absolute atomic E-state index is 0.102. The molecule has 2 heterocycles. The average Bonchev–Trinajstić information content (AvgIpc) is 2.87. The Hall–Kier alpha value is -1.40. The number of piperazine rings is 1. The second-order valence-corrected chi connectivity index (χ2v) is 6.12. The summed E-state index contributed by atoms with van der Waals surface area (Å²) in [6.07, 6.45) is 2.12. The van der Waals surface area contributed by atoms with Crippen LogP contribution in [0.5, 0.6) is 5.75 Å². The van der Waals surface area contributed by atoms with Crippen molar-refractivity contribution in [2.24, 2.45) is 0 Å². The lowest BCUT2D eigenvalue weighted by Crippen LogP contribution is -2.50. The Morgan fingerprint density at radius 3 is 2.76 bits per heavy atom. The van der Waals surface area contributed by atoms with Crippen molar-refractivity contribution in [3.05, 3.63) is 11.9 Å². The number of Topliss-reactive ketones (excluding diaryl/α,β-unsaturated/α-hetero) is 1. The molecule has 1 fully saturated rings. The molecule has 0 aromatic carbocycles. The molecule has 1 aromatic rings. The zero-order valence-electron chi connectivity index (χ0n) is 13.7. The number of aromatic nitrogens is 2. The summed E-state index contributed by atoms with van der Waals surface area (Å²) in [7, 11) is 5.77. The van der Waals surface area contributed by atoms with E-state index in [1.807, 2.05) is 13.8 Å². The van der Waals surface area contributed by atoms with Gasteiger partial charge < -0.3 is 14.5 Å². The first-order valence-corrected chi connectivity index (χ1v) is 7.47. The third-order valence-electron chi connectivity index (χ3n) is 4.14. The van der Waals surface area contributed by atoms with E-state index in [1.54, 1.807) is 18.0 Å². The van der Waals surface area contributed by atoms with Gasteiger partial charge in [-0.1, -0.05) is 0 Å². The predicted octanol–water partition coefficient (Wildman–Crippen LogP) is 1.29. The maximum absolute atomic E-state index is 12.7. The number of carbonyl (C=O) groups is 1. The van der Waals surface area contributed by atoms with Crippen LogP contribution in [0.15, 0.2) is 6.20 Å². The number of hydrogen-bond acceptors (Lipinski definition) is 5. The fraction of sp³-hybridized carbons (Fsp3) is 0.733. The largest absolute Gasteiger partial charge is 0.493 e. The van der Waals surface area contributed by atoms with Crippen molar-refractivity contribution in [1.29, 1.82) is 0 Å². The van der Waals surface area contributed by atoms with E-state index >= 15 is 0 Å². The normalized spacial score (nSPS) is 21.0. The van der Waals surface area contributed by atoms with Crippen LogP contribution in [0.25, 0.3) is 0 Å². The van der Waals surface area contributed by atoms with Gasteiger partial charge in [-0.3, -0.25) is 9.48 Å². The summed E-state index contributed by atoms with van der Waals surface area (Å²) in [5.41, 5.74) is 0.592. The minimum atomic E-state index is 0.102. The van der Waals surface area contributed by atoms with Crippen molar-refractivity contribution in [1.82, 2.24) is 19.6 Å². The molecule has 6 heteroatoms. The number of nitrogens with zero attached hydrogens (tertiary/aromatic N) is 4. The number of rotatable bonds is 5. The highest BCUT2D eigenvalue weighted by Crippen LogP contribution is 2.24. The molecule has 1 atom stereocenters. The summed E-state index contributed by atoms with van der Waals surface area (Å²) >= 11 is 0. The topological polar surface area (TPSA) is 50.6 Å². The molecule has 1 aliphatic rings. The van der Waals surface area contributed by atoms with E-state index in [4.69, 9.17) is 4.74 Å². The highest BCUT2D eigenvalue weighted by molar-refractivity contribution is 5.97. The van der Waals surface area contributed by atoms with Gasteiger partial charge in [-0.25, -0.2) is 0 Å². The van der Waals surface area contributed by atoms with Gasteiger partial charge in [0, 0.05) is 38.1 Å². The van der Waals surface area contributed by atoms with Gasteiger partial charge in [-0.05, 0) is 27.9 Å². The van der Waals surface area contributed by atoms with E-state index in [9.17, 15) is 4.79 Å². The number of carbonyl (C=O) groups excluding carboxylic acids is 1. The summed E-state index contributed by atoms with van der Waals surface area (Å²) in [5, 5.41) is 4.28. The molecular weight excluding hydrogens is 268 g/mol. The lowest BCUT2D eigenvalue weighted by Gasteiger charge is -2.37. The third kappa shape index (κ3) is 3.44. The van der Waals surface area contributed by atoms with E-state index < -0.39 is 0 Å². The second kappa shape index (κ2) is 6.58. The molecular formula is C15H26N4O2. The van der Waals surface area contributed by atoms with Gasteiger partial charge in [0.2, 0.25) is 0 Å². The molecule has 1 aromatic heterocycles. The van der Waals surface area contributed by atoms with Crippen LogP contribution < -0.4 is 4.74 Å². The first-order valence-electron chi connectivity index (χ1n) is 7.47. The van der Waals surface area contributed by atoms with Gasteiger partial charge in [0.1, 0.15) is 5.69 Å². The maximum Gasteiger partial charge on any atom is 0.186 e. The van der Waals surface area contributed by atoms with Crippen LogP contribution >= 0.6 is 0 Å². The SMILES string of the molecule is COc1cnn(C(C)C)c1C(=O)CC1CN(C)CCN1C. The van der Waals surface area contributed by atoms with Gasteiger partial charge in [0.05, 0.1) is 13.3 Å². The summed E-state index contributed by atoms with van der Waals surface area (Å²) in [5.74, 6) is 0.672. The molecule has 0 amide bonds. The van der Waals surface area contributed by atoms with E-state index in [0.717, 1.165) is 19.6 Å². The van der Waals surface area contributed by atoms with Crippen LogP contribution in [0.2, 0.25) is 0 Å². The molecule has 0 N–H and O–H groups in total. The Balaban J connectivity index is 2.18. The van der Waals surface area contributed by atoms with E-state index in [1.165, 1.54) is 0 Å². The van der Waals surface area contributed by atoms with Crippen molar-refractivity contribution in [2.45, 2.75) is 32.4 Å². The van der Waals surface area contributed by atoms with Gasteiger partial charge in [-0.2, -0.15) is 5.10 Å². The highest BCUT2D eigenvalue weighted by atomic mass is 16.5. The van der Waals surface area contributed by atoms with Crippen molar-refractivity contribution in [2.75, 3.05) is 40.8 Å². The van der Waals surface area contributed by atoms with Gasteiger partial charge in [0.25, 0.3) is 0 Å². The van der Waals surface area contributed by atoms with Crippen LogP contribution in [0.4, 0.5) is 0 Å². The Kier molecular flexibility index (Phi) is 5.00. The number of likely N-dealkylation sites (N-methyl/N-ethyl adjacent to an activating group) is 2. The minimum Gasteiger partial charge on any atom is -0.493 e. The molecule has 0 aliphatic carbocycles. The van der Waals surface area contributed by atoms with E-state index in [0.29, 0.717) is 17.9 Å². The van der Waals surface area contributed by atoms with Crippen LogP contribution in [0.1, 0.15) is 36.8 Å². The molecule has 1 aliphatic heterocycles. The predicted molar refractivity (Wildman–Crippen MR) is 82.0 cm³/mol.